The summed E-state index contributed by atoms with van der Waals surface area (Å²) in [5, 5.41) is 8.82. The Morgan fingerprint density at radius 3 is 2.86 bits per heavy atom. The van der Waals surface area contributed by atoms with E-state index in [0.717, 1.165) is 10.4 Å². The van der Waals surface area contributed by atoms with Crippen molar-refractivity contribution in [2.24, 2.45) is 0 Å². The normalized spacial score (nSPS) is 10.6. The first-order valence-electron chi connectivity index (χ1n) is 6.99. The van der Waals surface area contributed by atoms with E-state index < -0.39 is 0 Å². The number of benzene rings is 1. The van der Waals surface area contributed by atoms with E-state index in [9.17, 15) is 4.79 Å². The van der Waals surface area contributed by atoms with Crippen molar-refractivity contribution in [3.05, 3.63) is 64.2 Å². The van der Waals surface area contributed by atoms with Crippen LogP contribution in [0.25, 0.3) is 10.6 Å². The zero-order valence-electron chi connectivity index (χ0n) is 12.4. The van der Waals surface area contributed by atoms with Gasteiger partial charge in [-0.2, -0.15) is 0 Å². The Kier molecular flexibility index (Phi) is 4.06. The fraction of sp³-hybridized carbons (Fsp3) is 0.176. The molecule has 3 rings (SSSR count). The van der Waals surface area contributed by atoms with Crippen molar-refractivity contribution in [3.8, 4) is 10.6 Å². The number of nitrogens with zero attached hydrogens (tertiary/aromatic N) is 1. The van der Waals surface area contributed by atoms with E-state index in [1.807, 2.05) is 42.6 Å². The van der Waals surface area contributed by atoms with E-state index in [1.54, 1.807) is 6.92 Å². The van der Waals surface area contributed by atoms with Gasteiger partial charge in [0.1, 0.15) is 5.56 Å². The second-order valence-electron chi connectivity index (χ2n) is 5.12. The summed E-state index contributed by atoms with van der Waals surface area (Å²) in [5.74, 6) is 0.373. The molecule has 2 heterocycles. The maximum atomic E-state index is 12.5. The van der Waals surface area contributed by atoms with Gasteiger partial charge in [0.15, 0.2) is 5.76 Å². The third-order valence-corrected chi connectivity index (χ3v) is 4.24. The lowest BCUT2D eigenvalue weighted by molar-refractivity contribution is 0.0950. The number of carbonyl (C=O) groups is 1. The topological polar surface area (TPSA) is 55.1 Å². The van der Waals surface area contributed by atoms with E-state index in [-0.39, 0.29) is 5.91 Å². The first-order valence-corrected chi connectivity index (χ1v) is 7.87. The molecule has 0 aliphatic rings. The van der Waals surface area contributed by atoms with Gasteiger partial charge in [-0.05, 0) is 30.9 Å². The van der Waals surface area contributed by atoms with Gasteiger partial charge in [0.2, 0.25) is 0 Å². The number of hydrogen-bond donors (Lipinski definition) is 1. The molecule has 1 N–H and O–H groups in total. The quantitative estimate of drug-likeness (QED) is 0.793. The summed E-state index contributed by atoms with van der Waals surface area (Å²) in [5.41, 5.74) is 3.35. The molecule has 0 bridgehead atoms. The molecule has 4 nitrogen and oxygen atoms in total. The number of hydrogen-bond acceptors (Lipinski definition) is 4. The molecule has 0 unspecified atom stereocenters. The molecule has 0 aliphatic carbocycles. The fourth-order valence-corrected chi connectivity index (χ4v) is 3.01. The summed E-state index contributed by atoms with van der Waals surface area (Å²) >= 11 is 1.52. The van der Waals surface area contributed by atoms with Gasteiger partial charge in [-0.15, -0.1) is 11.3 Å². The first-order chi connectivity index (χ1) is 10.6. The van der Waals surface area contributed by atoms with Gasteiger partial charge in [-0.3, -0.25) is 4.79 Å². The Balaban J connectivity index is 1.80. The molecular formula is C17H16N2O2S. The van der Waals surface area contributed by atoms with Crippen LogP contribution >= 0.6 is 11.3 Å². The lowest BCUT2D eigenvalue weighted by atomic mass is 10.1. The highest BCUT2D eigenvalue weighted by Gasteiger charge is 2.22. The van der Waals surface area contributed by atoms with Gasteiger partial charge in [0, 0.05) is 6.54 Å². The average Bonchev–Trinajstić information content (AvgIpc) is 3.14. The third kappa shape index (κ3) is 2.94. The van der Waals surface area contributed by atoms with Crippen molar-refractivity contribution in [2.75, 3.05) is 0 Å². The van der Waals surface area contributed by atoms with Crippen LogP contribution in [0.3, 0.4) is 0 Å². The highest BCUT2D eigenvalue weighted by Crippen LogP contribution is 2.29. The summed E-state index contributed by atoms with van der Waals surface area (Å²) in [6.07, 6.45) is 0. The Morgan fingerprint density at radius 1 is 1.27 bits per heavy atom. The van der Waals surface area contributed by atoms with Crippen LogP contribution in [-0.4, -0.2) is 11.1 Å². The molecule has 0 spiro atoms. The average molecular weight is 312 g/mol. The van der Waals surface area contributed by atoms with Crippen LogP contribution in [0.1, 0.15) is 27.2 Å². The third-order valence-electron chi connectivity index (χ3n) is 3.37. The first kappa shape index (κ1) is 14.5. The molecule has 1 aromatic carbocycles. The molecule has 0 aliphatic heterocycles. The molecule has 0 atom stereocenters. The van der Waals surface area contributed by atoms with E-state index in [0.29, 0.717) is 23.6 Å². The maximum Gasteiger partial charge on any atom is 0.257 e. The van der Waals surface area contributed by atoms with Gasteiger partial charge in [0.25, 0.3) is 5.91 Å². The van der Waals surface area contributed by atoms with Gasteiger partial charge in [-0.1, -0.05) is 41.1 Å². The number of rotatable bonds is 4. The fourth-order valence-electron chi connectivity index (χ4n) is 2.31. The van der Waals surface area contributed by atoms with Crippen LogP contribution in [0.5, 0.6) is 0 Å². The standard InChI is InChI=1S/C17H16N2O2S/c1-11-5-3-6-13(9-11)10-18-17(20)15-12(2)19-21-16(15)14-7-4-8-22-14/h3-9H,10H2,1-2H3,(H,18,20). The minimum absolute atomic E-state index is 0.163. The molecule has 0 saturated heterocycles. The van der Waals surface area contributed by atoms with Crippen molar-refractivity contribution < 1.29 is 9.32 Å². The van der Waals surface area contributed by atoms with E-state index in [1.165, 1.54) is 16.9 Å². The van der Waals surface area contributed by atoms with Crippen LogP contribution in [0.2, 0.25) is 0 Å². The monoisotopic (exact) mass is 312 g/mol. The molecule has 1 amide bonds. The SMILES string of the molecule is Cc1cccc(CNC(=O)c2c(C)noc2-c2cccs2)c1. The van der Waals surface area contributed by atoms with Gasteiger partial charge in [-0.25, -0.2) is 0 Å². The summed E-state index contributed by atoms with van der Waals surface area (Å²) in [6.45, 7) is 4.29. The number of amides is 1. The van der Waals surface area contributed by atoms with E-state index in [2.05, 4.69) is 16.5 Å². The van der Waals surface area contributed by atoms with Crippen LogP contribution < -0.4 is 5.32 Å². The number of nitrogens with one attached hydrogen (secondary N) is 1. The number of aryl methyl sites for hydroxylation is 2. The van der Waals surface area contributed by atoms with Crippen molar-refractivity contribution >= 4 is 17.2 Å². The van der Waals surface area contributed by atoms with Gasteiger partial charge in [0.05, 0.1) is 10.6 Å². The zero-order chi connectivity index (χ0) is 15.5. The van der Waals surface area contributed by atoms with Crippen LogP contribution in [0.15, 0.2) is 46.3 Å². The Bertz CT molecular complexity index is 791. The predicted molar refractivity (Wildman–Crippen MR) is 86.9 cm³/mol. The van der Waals surface area contributed by atoms with Crippen LogP contribution in [0, 0.1) is 13.8 Å². The highest BCUT2D eigenvalue weighted by atomic mass is 32.1. The minimum atomic E-state index is -0.163. The molecule has 2 aromatic heterocycles. The molecule has 22 heavy (non-hydrogen) atoms. The van der Waals surface area contributed by atoms with Crippen molar-refractivity contribution in [3.63, 3.8) is 0 Å². The minimum Gasteiger partial charge on any atom is -0.354 e. The lowest BCUT2D eigenvalue weighted by Crippen LogP contribution is -2.23. The largest absolute Gasteiger partial charge is 0.354 e. The summed E-state index contributed by atoms with van der Waals surface area (Å²) in [7, 11) is 0. The lowest BCUT2D eigenvalue weighted by Gasteiger charge is -2.06. The summed E-state index contributed by atoms with van der Waals surface area (Å²) < 4.78 is 5.33. The molecule has 3 aromatic rings. The van der Waals surface area contributed by atoms with Gasteiger partial charge >= 0.3 is 0 Å². The van der Waals surface area contributed by atoms with Crippen LogP contribution in [0.4, 0.5) is 0 Å². The Hall–Kier alpha value is -2.40. The van der Waals surface area contributed by atoms with Crippen molar-refractivity contribution in [2.45, 2.75) is 20.4 Å². The Morgan fingerprint density at radius 2 is 2.14 bits per heavy atom. The summed E-state index contributed by atoms with van der Waals surface area (Å²) in [6, 6.07) is 11.9. The molecule has 0 fully saturated rings. The molecule has 0 radical (unpaired) electrons. The molecular weight excluding hydrogens is 296 g/mol. The van der Waals surface area contributed by atoms with Gasteiger partial charge < -0.3 is 9.84 Å². The van der Waals surface area contributed by atoms with Crippen LogP contribution in [-0.2, 0) is 6.54 Å². The van der Waals surface area contributed by atoms with E-state index >= 15 is 0 Å². The van der Waals surface area contributed by atoms with E-state index in [4.69, 9.17) is 4.52 Å². The predicted octanol–water partition coefficient (Wildman–Crippen LogP) is 3.95. The smallest absolute Gasteiger partial charge is 0.257 e. The zero-order valence-corrected chi connectivity index (χ0v) is 13.2. The maximum absolute atomic E-state index is 12.5. The number of carbonyl (C=O) groups excluding carboxylic acids is 1. The second-order valence-corrected chi connectivity index (χ2v) is 6.07. The second kappa shape index (κ2) is 6.15. The van der Waals surface area contributed by atoms with Crippen molar-refractivity contribution in [1.82, 2.24) is 10.5 Å². The van der Waals surface area contributed by atoms with Crippen molar-refractivity contribution in [1.29, 1.82) is 0 Å². The number of aromatic nitrogens is 1. The highest BCUT2D eigenvalue weighted by molar-refractivity contribution is 7.13. The molecule has 0 saturated carbocycles. The molecule has 5 heteroatoms. The summed E-state index contributed by atoms with van der Waals surface area (Å²) in [4.78, 5) is 13.4. The number of thiophene rings is 1. The molecule has 112 valence electrons. The Labute approximate surface area is 132 Å².